The summed E-state index contributed by atoms with van der Waals surface area (Å²) in [7, 11) is 0. The van der Waals surface area contributed by atoms with Crippen LogP contribution in [0.2, 0.25) is 0 Å². The standard InChI is InChI=1S/C42H26S/c1-2-8-27(9-3-1)38-24-28-10-4-5-11-29(28)25-39(38)34-17-20-36-33(23-34)15-14-32-22-30(16-19-35(32)36)31-18-21-42-40(26-31)37-12-6-7-13-41(37)43-42/h1-26H. The highest BCUT2D eigenvalue weighted by Gasteiger charge is 2.12. The lowest BCUT2D eigenvalue weighted by Gasteiger charge is -2.14. The Morgan fingerprint density at radius 1 is 0.279 bits per heavy atom. The summed E-state index contributed by atoms with van der Waals surface area (Å²) in [5.41, 5.74) is 7.52. The van der Waals surface area contributed by atoms with Crippen molar-refractivity contribution in [2.45, 2.75) is 0 Å². The van der Waals surface area contributed by atoms with E-state index in [2.05, 4.69) is 158 Å². The van der Waals surface area contributed by atoms with Crippen molar-refractivity contribution in [2.75, 3.05) is 0 Å². The number of fused-ring (bicyclic) bond motifs is 7. The Morgan fingerprint density at radius 2 is 0.837 bits per heavy atom. The Balaban J connectivity index is 1.16. The summed E-state index contributed by atoms with van der Waals surface area (Å²) in [4.78, 5) is 0. The van der Waals surface area contributed by atoms with Crippen LogP contribution in [0.3, 0.4) is 0 Å². The van der Waals surface area contributed by atoms with E-state index < -0.39 is 0 Å². The highest BCUT2D eigenvalue weighted by atomic mass is 32.1. The van der Waals surface area contributed by atoms with Gasteiger partial charge >= 0.3 is 0 Å². The zero-order valence-electron chi connectivity index (χ0n) is 23.4. The summed E-state index contributed by atoms with van der Waals surface area (Å²) >= 11 is 1.87. The molecule has 43 heavy (non-hydrogen) atoms. The number of hydrogen-bond acceptors (Lipinski definition) is 1. The van der Waals surface area contributed by atoms with Crippen molar-refractivity contribution in [3.63, 3.8) is 0 Å². The zero-order valence-corrected chi connectivity index (χ0v) is 24.2. The molecule has 0 aliphatic rings. The quantitative estimate of drug-likeness (QED) is 0.188. The molecule has 0 aliphatic carbocycles. The number of rotatable bonds is 3. The smallest absolute Gasteiger partial charge is 0.0355 e. The number of hydrogen-bond donors (Lipinski definition) is 0. The Morgan fingerprint density at radius 3 is 1.60 bits per heavy atom. The van der Waals surface area contributed by atoms with E-state index in [-0.39, 0.29) is 0 Å². The van der Waals surface area contributed by atoms with Crippen LogP contribution >= 0.6 is 11.3 Å². The molecule has 8 aromatic carbocycles. The topological polar surface area (TPSA) is 0 Å². The molecular weight excluding hydrogens is 537 g/mol. The minimum atomic E-state index is 1.24. The van der Waals surface area contributed by atoms with Gasteiger partial charge in [-0.05, 0) is 108 Å². The van der Waals surface area contributed by atoms with E-state index in [1.165, 1.54) is 85.9 Å². The summed E-state index contributed by atoms with van der Waals surface area (Å²) in [5.74, 6) is 0. The van der Waals surface area contributed by atoms with Crippen LogP contribution in [-0.4, -0.2) is 0 Å². The van der Waals surface area contributed by atoms with Gasteiger partial charge in [-0.3, -0.25) is 0 Å². The lowest BCUT2D eigenvalue weighted by molar-refractivity contribution is 1.62. The third-order valence-corrected chi connectivity index (χ3v) is 9.98. The minimum absolute atomic E-state index is 1.24. The lowest BCUT2D eigenvalue weighted by Crippen LogP contribution is -1.88. The molecule has 200 valence electrons. The highest BCUT2D eigenvalue weighted by Crippen LogP contribution is 2.40. The van der Waals surface area contributed by atoms with Crippen LogP contribution in [0.1, 0.15) is 0 Å². The Hall–Kier alpha value is -5.24. The van der Waals surface area contributed by atoms with E-state index in [1.807, 2.05) is 11.3 Å². The average Bonchev–Trinajstić information content (AvgIpc) is 3.45. The molecule has 0 fully saturated rings. The molecule has 0 radical (unpaired) electrons. The van der Waals surface area contributed by atoms with Gasteiger partial charge in [-0.2, -0.15) is 0 Å². The van der Waals surface area contributed by atoms with Crippen LogP contribution in [0.4, 0.5) is 0 Å². The van der Waals surface area contributed by atoms with Gasteiger partial charge in [0.1, 0.15) is 0 Å². The van der Waals surface area contributed by atoms with Gasteiger partial charge in [0, 0.05) is 20.2 Å². The highest BCUT2D eigenvalue weighted by molar-refractivity contribution is 7.25. The first kappa shape index (κ1) is 24.4. The van der Waals surface area contributed by atoms with E-state index in [0.717, 1.165) is 0 Å². The molecule has 0 bridgehead atoms. The lowest BCUT2D eigenvalue weighted by atomic mass is 9.90. The Bertz CT molecular complexity index is 2500. The molecule has 1 aromatic heterocycles. The second-order valence-electron chi connectivity index (χ2n) is 11.4. The Kier molecular flexibility index (Phi) is 5.47. The fraction of sp³-hybridized carbons (Fsp3) is 0. The molecule has 9 aromatic rings. The maximum Gasteiger partial charge on any atom is 0.0355 e. The Labute approximate surface area is 254 Å². The third-order valence-electron chi connectivity index (χ3n) is 8.83. The van der Waals surface area contributed by atoms with Crippen molar-refractivity contribution < 1.29 is 0 Å². The van der Waals surface area contributed by atoms with Crippen LogP contribution < -0.4 is 0 Å². The summed E-state index contributed by atoms with van der Waals surface area (Å²) in [6.07, 6.45) is 0. The van der Waals surface area contributed by atoms with E-state index in [4.69, 9.17) is 0 Å². The van der Waals surface area contributed by atoms with Crippen LogP contribution in [-0.2, 0) is 0 Å². The van der Waals surface area contributed by atoms with Crippen LogP contribution in [0.15, 0.2) is 158 Å². The van der Waals surface area contributed by atoms with E-state index in [1.54, 1.807) is 0 Å². The van der Waals surface area contributed by atoms with Gasteiger partial charge in [-0.25, -0.2) is 0 Å². The molecule has 0 amide bonds. The van der Waals surface area contributed by atoms with Crippen LogP contribution in [0, 0.1) is 0 Å². The van der Waals surface area contributed by atoms with Crippen molar-refractivity contribution in [2.24, 2.45) is 0 Å². The largest absolute Gasteiger partial charge is 0.135 e. The number of thiophene rings is 1. The molecule has 0 atom stereocenters. The molecule has 0 saturated heterocycles. The van der Waals surface area contributed by atoms with E-state index in [0.29, 0.717) is 0 Å². The third kappa shape index (κ3) is 4.05. The molecule has 1 heterocycles. The first-order chi connectivity index (χ1) is 21.3. The van der Waals surface area contributed by atoms with Gasteiger partial charge in [-0.15, -0.1) is 11.3 Å². The van der Waals surface area contributed by atoms with Gasteiger partial charge in [0.15, 0.2) is 0 Å². The van der Waals surface area contributed by atoms with E-state index in [9.17, 15) is 0 Å². The van der Waals surface area contributed by atoms with Gasteiger partial charge in [-0.1, -0.05) is 115 Å². The van der Waals surface area contributed by atoms with Crippen molar-refractivity contribution in [1.29, 1.82) is 0 Å². The van der Waals surface area contributed by atoms with Gasteiger partial charge in [0.2, 0.25) is 0 Å². The molecule has 0 aliphatic heterocycles. The maximum atomic E-state index is 2.36. The van der Waals surface area contributed by atoms with Crippen molar-refractivity contribution in [3.8, 4) is 33.4 Å². The summed E-state index contributed by atoms with van der Waals surface area (Å²) in [6, 6.07) is 58.1. The molecule has 0 N–H and O–H groups in total. The predicted octanol–water partition coefficient (Wildman–Crippen LogP) is 12.5. The monoisotopic (exact) mass is 562 g/mol. The molecule has 0 unspecified atom stereocenters. The van der Waals surface area contributed by atoms with Crippen LogP contribution in [0.5, 0.6) is 0 Å². The zero-order chi connectivity index (χ0) is 28.3. The number of benzene rings is 8. The second-order valence-corrected chi connectivity index (χ2v) is 12.4. The summed E-state index contributed by atoms with van der Waals surface area (Å²) in [6.45, 7) is 0. The summed E-state index contributed by atoms with van der Waals surface area (Å²) in [5, 5.41) is 10.3. The van der Waals surface area contributed by atoms with Gasteiger partial charge in [0.25, 0.3) is 0 Å². The van der Waals surface area contributed by atoms with Crippen LogP contribution in [0.25, 0.3) is 85.9 Å². The molecule has 0 spiro atoms. The van der Waals surface area contributed by atoms with E-state index >= 15 is 0 Å². The average molecular weight is 563 g/mol. The first-order valence-electron chi connectivity index (χ1n) is 14.8. The predicted molar refractivity (Wildman–Crippen MR) is 188 cm³/mol. The molecule has 0 saturated carbocycles. The maximum absolute atomic E-state index is 2.36. The second kappa shape index (κ2) is 9.66. The molecular formula is C42H26S. The molecule has 9 rings (SSSR count). The van der Waals surface area contributed by atoms with Crippen molar-refractivity contribution in [3.05, 3.63) is 158 Å². The summed E-state index contributed by atoms with van der Waals surface area (Å²) < 4.78 is 2.69. The van der Waals surface area contributed by atoms with Crippen molar-refractivity contribution >= 4 is 63.8 Å². The van der Waals surface area contributed by atoms with Crippen molar-refractivity contribution in [1.82, 2.24) is 0 Å². The minimum Gasteiger partial charge on any atom is -0.135 e. The SMILES string of the molecule is c1ccc(-c2cc3ccccc3cc2-c2ccc3c(ccc4cc(-c5ccc6sc7ccccc7c6c5)ccc43)c2)cc1. The fourth-order valence-electron chi connectivity index (χ4n) is 6.66. The first-order valence-corrected chi connectivity index (χ1v) is 15.6. The fourth-order valence-corrected chi connectivity index (χ4v) is 7.75. The van der Waals surface area contributed by atoms with Gasteiger partial charge in [0.05, 0.1) is 0 Å². The van der Waals surface area contributed by atoms with Gasteiger partial charge < -0.3 is 0 Å². The molecule has 0 nitrogen and oxygen atoms in total. The normalized spacial score (nSPS) is 11.7. The molecule has 1 heteroatoms.